The van der Waals surface area contributed by atoms with E-state index in [0.29, 0.717) is 17.0 Å². The summed E-state index contributed by atoms with van der Waals surface area (Å²) in [7, 11) is 1.55. The summed E-state index contributed by atoms with van der Waals surface area (Å²) in [6.07, 6.45) is 0. The van der Waals surface area contributed by atoms with Crippen molar-refractivity contribution in [3.8, 4) is 5.75 Å². The molecule has 0 aliphatic rings. The number of methoxy groups -OCH3 is 1. The quantitative estimate of drug-likeness (QED) is 0.874. The van der Waals surface area contributed by atoms with Gasteiger partial charge in [-0.15, -0.1) is 0 Å². The predicted octanol–water partition coefficient (Wildman–Crippen LogP) is 3.70. The lowest BCUT2D eigenvalue weighted by Gasteiger charge is -2.18. The number of para-hydroxylation sites is 2. The summed E-state index contributed by atoms with van der Waals surface area (Å²) < 4.78 is 6.06. The largest absolute Gasteiger partial charge is 0.495 e. The number of halogens is 1. The Morgan fingerprint density at radius 1 is 1.25 bits per heavy atom. The number of benzene rings is 2. The van der Waals surface area contributed by atoms with Crippen LogP contribution in [0.15, 0.2) is 53.0 Å². The van der Waals surface area contributed by atoms with Crippen LogP contribution in [0.4, 0.5) is 5.69 Å². The van der Waals surface area contributed by atoms with Gasteiger partial charge in [0.15, 0.2) is 6.04 Å². The summed E-state index contributed by atoms with van der Waals surface area (Å²) >= 11 is 3.35. The molecule has 0 saturated carbocycles. The highest BCUT2D eigenvalue weighted by Crippen LogP contribution is 2.28. The first-order valence-electron chi connectivity index (χ1n) is 5.99. The van der Waals surface area contributed by atoms with Crippen molar-refractivity contribution in [2.24, 2.45) is 0 Å². The van der Waals surface area contributed by atoms with Crippen molar-refractivity contribution in [1.82, 2.24) is 0 Å². The highest BCUT2D eigenvalue weighted by Gasteiger charge is 2.21. The molecule has 0 aliphatic carbocycles. The van der Waals surface area contributed by atoms with Crippen molar-refractivity contribution in [3.63, 3.8) is 0 Å². The van der Waals surface area contributed by atoms with Gasteiger partial charge in [0.1, 0.15) is 5.75 Å². The van der Waals surface area contributed by atoms with Gasteiger partial charge in [0.2, 0.25) is 0 Å². The van der Waals surface area contributed by atoms with Gasteiger partial charge in [-0.05, 0) is 29.8 Å². The predicted molar refractivity (Wildman–Crippen MR) is 81.1 cm³/mol. The Morgan fingerprint density at radius 3 is 2.65 bits per heavy atom. The Labute approximate surface area is 125 Å². The van der Waals surface area contributed by atoms with Crippen LogP contribution in [0.5, 0.6) is 5.75 Å². The SMILES string of the molecule is COc1ccccc1NC(C(=O)O)c1cccc(Br)c1. The van der Waals surface area contributed by atoms with E-state index in [0.717, 1.165) is 4.47 Å². The van der Waals surface area contributed by atoms with Gasteiger partial charge >= 0.3 is 5.97 Å². The number of hydrogen-bond donors (Lipinski definition) is 2. The molecule has 5 heteroatoms. The van der Waals surface area contributed by atoms with Gasteiger partial charge in [-0.25, -0.2) is 4.79 Å². The van der Waals surface area contributed by atoms with Crippen molar-refractivity contribution in [2.45, 2.75) is 6.04 Å². The van der Waals surface area contributed by atoms with Crippen LogP contribution in [0.2, 0.25) is 0 Å². The maximum absolute atomic E-state index is 11.5. The fourth-order valence-electron chi connectivity index (χ4n) is 1.89. The molecule has 0 amide bonds. The molecule has 20 heavy (non-hydrogen) atoms. The van der Waals surface area contributed by atoms with E-state index in [2.05, 4.69) is 21.2 Å². The van der Waals surface area contributed by atoms with Gasteiger partial charge < -0.3 is 15.2 Å². The molecule has 0 saturated heterocycles. The highest BCUT2D eigenvalue weighted by molar-refractivity contribution is 9.10. The first-order chi connectivity index (χ1) is 9.61. The minimum atomic E-state index is -0.950. The topological polar surface area (TPSA) is 58.6 Å². The lowest BCUT2D eigenvalue weighted by atomic mass is 10.1. The lowest BCUT2D eigenvalue weighted by Crippen LogP contribution is -2.20. The van der Waals surface area contributed by atoms with Gasteiger partial charge in [-0.2, -0.15) is 0 Å². The standard InChI is InChI=1S/C15H14BrNO3/c1-20-13-8-3-2-7-12(13)17-14(15(18)19)10-5-4-6-11(16)9-10/h2-9,14,17H,1H3,(H,18,19). The van der Waals surface area contributed by atoms with E-state index in [4.69, 9.17) is 4.74 Å². The average molecular weight is 336 g/mol. The number of carbonyl (C=O) groups is 1. The molecular weight excluding hydrogens is 322 g/mol. The van der Waals surface area contributed by atoms with Crippen molar-refractivity contribution in [3.05, 3.63) is 58.6 Å². The van der Waals surface area contributed by atoms with E-state index in [-0.39, 0.29) is 0 Å². The molecule has 2 aromatic carbocycles. The van der Waals surface area contributed by atoms with Crippen LogP contribution in [0.25, 0.3) is 0 Å². The van der Waals surface area contributed by atoms with Crippen molar-refractivity contribution >= 4 is 27.6 Å². The molecule has 2 aromatic rings. The zero-order valence-corrected chi connectivity index (χ0v) is 12.4. The summed E-state index contributed by atoms with van der Waals surface area (Å²) in [5, 5.41) is 12.4. The van der Waals surface area contributed by atoms with Crippen LogP contribution in [-0.2, 0) is 4.79 Å². The minimum Gasteiger partial charge on any atom is -0.495 e. The van der Waals surface area contributed by atoms with Crippen molar-refractivity contribution in [1.29, 1.82) is 0 Å². The Bertz CT molecular complexity index is 616. The van der Waals surface area contributed by atoms with Gasteiger partial charge in [0.25, 0.3) is 0 Å². The molecular formula is C15H14BrNO3. The lowest BCUT2D eigenvalue weighted by molar-refractivity contribution is -0.138. The normalized spacial score (nSPS) is 11.7. The Kier molecular flexibility index (Phi) is 4.63. The van der Waals surface area contributed by atoms with Gasteiger partial charge in [0, 0.05) is 4.47 Å². The third kappa shape index (κ3) is 3.30. The van der Waals surface area contributed by atoms with Crippen molar-refractivity contribution in [2.75, 3.05) is 12.4 Å². The zero-order chi connectivity index (χ0) is 14.5. The molecule has 4 nitrogen and oxygen atoms in total. The van der Waals surface area contributed by atoms with Crippen LogP contribution in [0, 0.1) is 0 Å². The number of nitrogens with one attached hydrogen (secondary N) is 1. The van der Waals surface area contributed by atoms with Gasteiger partial charge in [-0.3, -0.25) is 0 Å². The molecule has 0 fully saturated rings. The number of hydrogen-bond acceptors (Lipinski definition) is 3. The molecule has 0 bridgehead atoms. The third-order valence-electron chi connectivity index (χ3n) is 2.84. The fraction of sp³-hybridized carbons (Fsp3) is 0.133. The molecule has 104 valence electrons. The molecule has 1 atom stereocenters. The van der Waals surface area contributed by atoms with Crippen LogP contribution >= 0.6 is 15.9 Å². The molecule has 0 aromatic heterocycles. The summed E-state index contributed by atoms with van der Waals surface area (Å²) in [6.45, 7) is 0. The van der Waals surface area contributed by atoms with Crippen LogP contribution in [-0.4, -0.2) is 18.2 Å². The van der Waals surface area contributed by atoms with Gasteiger partial charge in [0.05, 0.1) is 12.8 Å². The molecule has 2 N–H and O–H groups in total. The zero-order valence-electron chi connectivity index (χ0n) is 10.8. The number of anilines is 1. The Balaban J connectivity index is 2.33. The van der Waals surface area contributed by atoms with E-state index >= 15 is 0 Å². The molecule has 0 aliphatic heterocycles. The average Bonchev–Trinajstić information content (AvgIpc) is 2.44. The first-order valence-corrected chi connectivity index (χ1v) is 6.79. The van der Waals surface area contributed by atoms with Crippen molar-refractivity contribution < 1.29 is 14.6 Å². The Morgan fingerprint density at radius 2 is 2.00 bits per heavy atom. The van der Waals surface area contributed by atoms with E-state index in [1.165, 1.54) is 0 Å². The first kappa shape index (κ1) is 14.4. The summed E-state index contributed by atoms with van der Waals surface area (Å²) in [4.78, 5) is 11.5. The molecule has 1 unspecified atom stereocenters. The van der Waals surface area contributed by atoms with Crippen LogP contribution in [0.1, 0.15) is 11.6 Å². The van der Waals surface area contributed by atoms with Crippen LogP contribution in [0.3, 0.4) is 0 Å². The number of rotatable bonds is 5. The second kappa shape index (κ2) is 6.43. The fourth-order valence-corrected chi connectivity index (χ4v) is 2.31. The summed E-state index contributed by atoms with van der Waals surface area (Å²) in [5.41, 5.74) is 1.31. The van der Waals surface area contributed by atoms with Crippen LogP contribution < -0.4 is 10.1 Å². The van der Waals surface area contributed by atoms with E-state index < -0.39 is 12.0 Å². The summed E-state index contributed by atoms with van der Waals surface area (Å²) in [5.74, 6) is -0.345. The number of aliphatic carboxylic acids is 1. The van der Waals surface area contributed by atoms with E-state index in [9.17, 15) is 9.90 Å². The molecule has 0 radical (unpaired) electrons. The van der Waals surface area contributed by atoms with Gasteiger partial charge in [-0.1, -0.05) is 40.2 Å². The van der Waals surface area contributed by atoms with E-state index in [1.54, 1.807) is 37.4 Å². The van der Waals surface area contributed by atoms with E-state index in [1.807, 2.05) is 18.2 Å². The Hall–Kier alpha value is -2.01. The molecule has 0 heterocycles. The molecule has 2 rings (SSSR count). The maximum atomic E-state index is 11.5. The number of carboxylic acid groups (broad SMARTS) is 1. The molecule has 0 spiro atoms. The minimum absolute atomic E-state index is 0.605. The number of ether oxygens (including phenoxy) is 1. The highest BCUT2D eigenvalue weighted by atomic mass is 79.9. The second-order valence-corrected chi connectivity index (χ2v) is 5.09. The maximum Gasteiger partial charge on any atom is 0.330 e. The second-order valence-electron chi connectivity index (χ2n) is 4.17. The monoisotopic (exact) mass is 335 g/mol. The third-order valence-corrected chi connectivity index (χ3v) is 3.33. The summed E-state index contributed by atoms with van der Waals surface area (Å²) in [6, 6.07) is 13.6. The number of carboxylic acids is 1. The smallest absolute Gasteiger partial charge is 0.330 e.